The average molecular weight is 365 g/mol. The van der Waals surface area contributed by atoms with Crippen LogP contribution in [0, 0.1) is 6.92 Å². The number of hydrogen-bond donors (Lipinski definition) is 2. The van der Waals surface area contributed by atoms with Gasteiger partial charge in [-0.2, -0.15) is 0 Å². The van der Waals surface area contributed by atoms with Crippen LogP contribution in [0.4, 0.5) is 4.79 Å². The predicted octanol–water partition coefficient (Wildman–Crippen LogP) is 3.44. The predicted molar refractivity (Wildman–Crippen MR) is 107 cm³/mol. The number of nitrogens with one attached hydrogen (secondary N) is 2. The first-order valence-electron chi connectivity index (χ1n) is 9.47. The number of carbonyl (C=O) groups is 2. The lowest BCUT2D eigenvalue weighted by molar-refractivity contribution is 0.0950. The van der Waals surface area contributed by atoms with Gasteiger partial charge in [0.2, 0.25) is 0 Å². The van der Waals surface area contributed by atoms with Gasteiger partial charge in [-0.05, 0) is 43.0 Å². The minimum absolute atomic E-state index is 0.0354. The molecule has 5 nitrogen and oxygen atoms in total. The molecule has 142 valence electrons. The van der Waals surface area contributed by atoms with Crippen LogP contribution in [-0.4, -0.2) is 37.0 Å². The highest BCUT2D eigenvalue weighted by atomic mass is 16.2. The number of piperidine rings is 1. The molecule has 27 heavy (non-hydrogen) atoms. The summed E-state index contributed by atoms with van der Waals surface area (Å²) in [5.74, 6) is 0.192. The van der Waals surface area contributed by atoms with Crippen molar-refractivity contribution in [3.8, 4) is 0 Å². The fourth-order valence-electron chi connectivity index (χ4n) is 3.63. The van der Waals surface area contributed by atoms with Gasteiger partial charge in [-0.3, -0.25) is 4.79 Å². The third-order valence-corrected chi connectivity index (χ3v) is 5.08. The minimum Gasteiger partial charge on any atom is -0.348 e. The molecule has 0 aromatic heterocycles. The maximum absolute atomic E-state index is 12.6. The van der Waals surface area contributed by atoms with Crippen molar-refractivity contribution in [1.82, 2.24) is 15.5 Å². The first-order chi connectivity index (χ1) is 13.1. The molecule has 2 N–H and O–H groups in total. The third-order valence-electron chi connectivity index (χ3n) is 5.08. The number of hydrogen-bond acceptors (Lipinski definition) is 2. The van der Waals surface area contributed by atoms with E-state index in [4.69, 9.17) is 0 Å². The van der Waals surface area contributed by atoms with Gasteiger partial charge < -0.3 is 15.5 Å². The monoisotopic (exact) mass is 365 g/mol. The molecular formula is C22H27N3O2. The molecule has 0 bridgehead atoms. The Kier molecular flexibility index (Phi) is 6.12. The molecule has 2 aromatic rings. The van der Waals surface area contributed by atoms with Gasteiger partial charge in [0.15, 0.2) is 0 Å². The number of likely N-dealkylation sites (tertiary alicyclic amines) is 1. The SMILES string of the molecule is CNC(=O)N1CCCC(c2cccc(C(=O)NCc3cccc(C)c3)c2)C1. The van der Waals surface area contributed by atoms with E-state index in [9.17, 15) is 9.59 Å². The average Bonchev–Trinajstić information content (AvgIpc) is 2.71. The largest absolute Gasteiger partial charge is 0.348 e. The fourth-order valence-corrected chi connectivity index (χ4v) is 3.63. The zero-order valence-electron chi connectivity index (χ0n) is 16.0. The van der Waals surface area contributed by atoms with Crippen LogP contribution in [0.25, 0.3) is 0 Å². The van der Waals surface area contributed by atoms with Crippen LogP contribution >= 0.6 is 0 Å². The first kappa shape index (κ1) is 19.0. The van der Waals surface area contributed by atoms with E-state index in [1.807, 2.05) is 48.2 Å². The molecule has 3 amide bonds. The number of aryl methyl sites for hydroxylation is 1. The number of nitrogens with zero attached hydrogens (tertiary/aromatic N) is 1. The van der Waals surface area contributed by atoms with Gasteiger partial charge in [-0.1, -0.05) is 42.0 Å². The topological polar surface area (TPSA) is 61.4 Å². The molecule has 1 aliphatic rings. The molecule has 3 rings (SSSR count). The number of rotatable bonds is 4. The van der Waals surface area contributed by atoms with Crippen molar-refractivity contribution in [2.75, 3.05) is 20.1 Å². The molecule has 0 spiro atoms. The van der Waals surface area contributed by atoms with Crippen molar-refractivity contribution >= 4 is 11.9 Å². The summed E-state index contributed by atoms with van der Waals surface area (Å²) in [5.41, 5.74) is 4.05. The Balaban J connectivity index is 1.65. The molecule has 2 aromatic carbocycles. The first-order valence-corrected chi connectivity index (χ1v) is 9.47. The van der Waals surface area contributed by atoms with Crippen molar-refractivity contribution in [3.05, 3.63) is 70.8 Å². The maximum atomic E-state index is 12.6. The van der Waals surface area contributed by atoms with E-state index in [1.165, 1.54) is 5.56 Å². The van der Waals surface area contributed by atoms with Crippen molar-refractivity contribution in [1.29, 1.82) is 0 Å². The van der Waals surface area contributed by atoms with Gasteiger partial charge in [0.25, 0.3) is 5.91 Å². The molecule has 0 saturated carbocycles. The van der Waals surface area contributed by atoms with E-state index < -0.39 is 0 Å². The smallest absolute Gasteiger partial charge is 0.317 e. The number of urea groups is 1. The molecule has 0 radical (unpaired) electrons. The van der Waals surface area contributed by atoms with Crippen LogP contribution in [0.15, 0.2) is 48.5 Å². The molecule has 1 unspecified atom stereocenters. The Morgan fingerprint density at radius 2 is 1.96 bits per heavy atom. The van der Waals surface area contributed by atoms with Gasteiger partial charge in [-0.15, -0.1) is 0 Å². The van der Waals surface area contributed by atoms with E-state index >= 15 is 0 Å². The zero-order chi connectivity index (χ0) is 19.2. The van der Waals surface area contributed by atoms with Gasteiger partial charge in [0.1, 0.15) is 0 Å². The van der Waals surface area contributed by atoms with E-state index in [1.54, 1.807) is 7.05 Å². The summed E-state index contributed by atoms with van der Waals surface area (Å²) in [7, 11) is 1.66. The molecule has 0 aliphatic carbocycles. The van der Waals surface area contributed by atoms with Gasteiger partial charge in [-0.25, -0.2) is 4.79 Å². The van der Waals surface area contributed by atoms with E-state index in [0.717, 1.165) is 30.5 Å². The highest BCUT2D eigenvalue weighted by Crippen LogP contribution is 2.27. The summed E-state index contributed by atoms with van der Waals surface area (Å²) in [5, 5.41) is 5.69. The lowest BCUT2D eigenvalue weighted by Crippen LogP contribution is -2.43. The molecule has 1 fully saturated rings. The number of carbonyl (C=O) groups excluding carboxylic acids is 2. The summed E-state index contributed by atoms with van der Waals surface area (Å²) >= 11 is 0. The molecule has 5 heteroatoms. The number of amides is 3. The second-order valence-electron chi connectivity index (χ2n) is 7.14. The maximum Gasteiger partial charge on any atom is 0.317 e. The van der Waals surface area contributed by atoms with E-state index in [-0.39, 0.29) is 17.9 Å². The molecule has 1 saturated heterocycles. The van der Waals surface area contributed by atoms with Gasteiger partial charge in [0, 0.05) is 38.2 Å². The van der Waals surface area contributed by atoms with Crippen LogP contribution in [0.5, 0.6) is 0 Å². The van der Waals surface area contributed by atoms with Crippen LogP contribution < -0.4 is 10.6 Å². The fraction of sp³-hybridized carbons (Fsp3) is 0.364. The lowest BCUT2D eigenvalue weighted by Gasteiger charge is -2.32. The second kappa shape index (κ2) is 8.71. The Labute approximate surface area is 160 Å². The summed E-state index contributed by atoms with van der Waals surface area (Å²) in [6.45, 7) is 4.03. The summed E-state index contributed by atoms with van der Waals surface area (Å²) in [6, 6.07) is 15.9. The normalized spacial score (nSPS) is 16.7. The highest BCUT2D eigenvalue weighted by Gasteiger charge is 2.24. The lowest BCUT2D eigenvalue weighted by atomic mass is 9.89. The highest BCUT2D eigenvalue weighted by molar-refractivity contribution is 5.94. The summed E-state index contributed by atoms with van der Waals surface area (Å²) in [4.78, 5) is 26.3. The van der Waals surface area contributed by atoms with Crippen molar-refractivity contribution in [3.63, 3.8) is 0 Å². The Morgan fingerprint density at radius 1 is 1.15 bits per heavy atom. The van der Waals surface area contributed by atoms with Crippen molar-refractivity contribution in [2.24, 2.45) is 0 Å². The molecule has 1 heterocycles. The van der Waals surface area contributed by atoms with Gasteiger partial charge in [0.05, 0.1) is 0 Å². The van der Waals surface area contributed by atoms with Crippen LogP contribution in [-0.2, 0) is 6.54 Å². The minimum atomic E-state index is -0.0719. The number of benzene rings is 2. The molecule has 1 atom stereocenters. The molecule has 1 aliphatic heterocycles. The summed E-state index contributed by atoms with van der Waals surface area (Å²) in [6.07, 6.45) is 2.00. The van der Waals surface area contributed by atoms with E-state index in [0.29, 0.717) is 18.7 Å². The van der Waals surface area contributed by atoms with Crippen LogP contribution in [0.3, 0.4) is 0 Å². The van der Waals surface area contributed by atoms with Gasteiger partial charge >= 0.3 is 6.03 Å². The van der Waals surface area contributed by atoms with Crippen LogP contribution in [0.2, 0.25) is 0 Å². The van der Waals surface area contributed by atoms with Crippen molar-refractivity contribution < 1.29 is 9.59 Å². The Morgan fingerprint density at radius 3 is 2.74 bits per heavy atom. The van der Waals surface area contributed by atoms with Crippen LogP contribution in [0.1, 0.15) is 45.8 Å². The Bertz CT molecular complexity index is 819. The summed E-state index contributed by atoms with van der Waals surface area (Å²) < 4.78 is 0. The Hall–Kier alpha value is -2.82. The second-order valence-corrected chi connectivity index (χ2v) is 7.14. The molecular weight excluding hydrogens is 338 g/mol. The zero-order valence-corrected chi connectivity index (χ0v) is 16.0. The standard InChI is InChI=1S/C22H27N3O2/c1-16-6-3-7-17(12-16)14-24-21(26)19-9-4-8-18(13-19)20-10-5-11-25(15-20)22(27)23-2/h3-4,6-9,12-13,20H,5,10-11,14-15H2,1-2H3,(H,23,27)(H,24,26). The van der Waals surface area contributed by atoms with Crippen molar-refractivity contribution in [2.45, 2.75) is 32.2 Å². The quantitative estimate of drug-likeness (QED) is 0.872. The third kappa shape index (κ3) is 4.88. The van der Waals surface area contributed by atoms with E-state index in [2.05, 4.69) is 22.8 Å².